The van der Waals surface area contributed by atoms with E-state index in [4.69, 9.17) is 4.74 Å². The first kappa shape index (κ1) is 19.1. The summed E-state index contributed by atoms with van der Waals surface area (Å²) in [6.45, 7) is -0.901. The highest BCUT2D eigenvalue weighted by Gasteiger charge is 2.74. The molecule has 2 aliphatic carbocycles. The van der Waals surface area contributed by atoms with Crippen LogP contribution in [0.1, 0.15) is 16.9 Å². The van der Waals surface area contributed by atoms with Crippen LogP contribution in [-0.2, 0) is 4.74 Å². The molecule has 1 N–H and O–H groups in total. The Morgan fingerprint density at radius 3 is 2.72 bits per heavy atom. The Kier molecular flexibility index (Phi) is 4.04. The second-order valence-corrected chi connectivity index (χ2v) is 6.99. The predicted molar refractivity (Wildman–Crippen MR) is 96.0 cm³/mol. The summed E-state index contributed by atoms with van der Waals surface area (Å²) < 4.78 is 61.0. The second-order valence-electron chi connectivity index (χ2n) is 6.99. The zero-order valence-corrected chi connectivity index (χ0v) is 14.6. The molecule has 29 heavy (non-hydrogen) atoms. The number of ether oxygens (including phenoxy) is 1. The van der Waals surface area contributed by atoms with Crippen molar-refractivity contribution in [2.45, 2.75) is 17.8 Å². The first-order valence-corrected chi connectivity index (χ1v) is 8.52. The van der Waals surface area contributed by atoms with Gasteiger partial charge >= 0.3 is 5.97 Å². The summed E-state index contributed by atoms with van der Waals surface area (Å²) in [4.78, 5) is 19.5. The van der Waals surface area contributed by atoms with Gasteiger partial charge in [-0.25, -0.2) is 27.3 Å². The van der Waals surface area contributed by atoms with E-state index in [1.807, 2.05) is 24.3 Å². The number of H-pyrrole nitrogens is 1. The van der Waals surface area contributed by atoms with E-state index in [2.05, 4.69) is 9.97 Å². The molecule has 150 valence electrons. The van der Waals surface area contributed by atoms with Crippen molar-refractivity contribution in [3.63, 3.8) is 0 Å². The van der Waals surface area contributed by atoms with Crippen molar-refractivity contribution in [2.75, 3.05) is 6.61 Å². The highest BCUT2D eigenvalue weighted by molar-refractivity contribution is 6.08. The normalized spacial score (nSPS) is 25.4. The molecule has 0 saturated heterocycles. The summed E-state index contributed by atoms with van der Waals surface area (Å²) in [6.07, 6.45) is 1.03. The van der Waals surface area contributed by atoms with Crippen molar-refractivity contribution in [1.29, 1.82) is 0 Å². The summed E-state index contributed by atoms with van der Waals surface area (Å²) in [6, 6.07) is 8.92. The van der Waals surface area contributed by atoms with Gasteiger partial charge in [-0.3, -0.25) is 4.70 Å². The average molecular weight is 408 g/mol. The fraction of sp³-hybridized carbons (Fsp3) is 0.200. The predicted octanol–water partition coefficient (Wildman–Crippen LogP) is 4.94. The quantitative estimate of drug-likeness (QED) is 0.494. The van der Waals surface area contributed by atoms with Gasteiger partial charge in [0.25, 0.3) is 0 Å². The number of hydrogen-bond donors (Lipinski definition) is 1. The van der Waals surface area contributed by atoms with Crippen LogP contribution in [0.15, 0.2) is 59.8 Å². The van der Waals surface area contributed by atoms with Crippen LogP contribution >= 0.6 is 0 Å². The minimum atomic E-state index is -2.68. The molecule has 2 atom stereocenters. The van der Waals surface area contributed by atoms with Crippen LogP contribution < -0.4 is 0 Å². The number of halogens is 5. The Morgan fingerprint density at radius 2 is 1.93 bits per heavy atom. The number of hydrogen-bond acceptors (Lipinski definition) is 3. The molecule has 0 aliphatic heterocycles. The van der Waals surface area contributed by atoms with E-state index < -0.39 is 47.6 Å². The Bertz CT molecular complexity index is 1230. The van der Waals surface area contributed by atoms with Crippen LogP contribution in [0.25, 0.3) is 21.8 Å². The molecule has 2 heterocycles. The third-order valence-electron chi connectivity index (χ3n) is 5.29. The number of rotatable bonds is 3. The monoisotopic (exact) mass is 408 g/mol. The minimum absolute atomic E-state index is 0. The van der Waals surface area contributed by atoms with Crippen LogP contribution in [0.4, 0.5) is 22.3 Å². The third-order valence-corrected chi connectivity index (χ3v) is 5.29. The summed E-state index contributed by atoms with van der Waals surface area (Å²) in [5.74, 6) is -3.96. The van der Waals surface area contributed by atoms with Crippen molar-refractivity contribution in [3.05, 3.63) is 65.5 Å². The lowest BCUT2D eigenvalue weighted by Crippen LogP contribution is -2.26. The fourth-order valence-corrected chi connectivity index (χ4v) is 3.67. The van der Waals surface area contributed by atoms with Gasteiger partial charge in [-0.05, 0) is 18.2 Å². The lowest BCUT2D eigenvalue weighted by atomic mass is 10.00. The number of carbonyl (C=O) groups is 1. The van der Waals surface area contributed by atoms with E-state index >= 15 is 0 Å². The Balaban J connectivity index is 0.00000205. The lowest BCUT2D eigenvalue weighted by molar-refractivity contribution is 0.0506. The van der Waals surface area contributed by atoms with Crippen LogP contribution in [-0.4, -0.2) is 33.9 Å². The summed E-state index contributed by atoms with van der Waals surface area (Å²) in [5, 5.41) is 1.59. The molecule has 1 aromatic carbocycles. The number of allylic oxidation sites excluding steroid dienone is 3. The van der Waals surface area contributed by atoms with Crippen LogP contribution in [0, 0.1) is 0 Å². The van der Waals surface area contributed by atoms with Gasteiger partial charge in [0.1, 0.15) is 12.3 Å². The van der Waals surface area contributed by atoms with E-state index in [1.165, 1.54) is 12.3 Å². The molecule has 5 rings (SSSR count). The average Bonchev–Trinajstić information content (AvgIpc) is 3.06. The smallest absolute Gasteiger partial charge is 0.357 e. The first-order chi connectivity index (χ1) is 13.3. The van der Waals surface area contributed by atoms with Crippen LogP contribution in [0.5, 0.6) is 0 Å². The summed E-state index contributed by atoms with van der Waals surface area (Å²) >= 11 is 0. The molecule has 3 aromatic rings. The molecule has 2 aliphatic rings. The van der Waals surface area contributed by atoms with Gasteiger partial charge < -0.3 is 9.72 Å². The van der Waals surface area contributed by atoms with Crippen molar-refractivity contribution in [3.8, 4) is 0 Å². The van der Waals surface area contributed by atoms with E-state index in [1.54, 1.807) is 0 Å². The Labute approximate surface area is 160 Å². The van der Waals surface area contributed by atoms with E-state index in [0.717, 1.165) is 16.3 Å². The van der Waals surface area contributed by atoms with Crippen molar-refractivity contribution >= 4 is 27.8 Å². The maximum atomic E-state index is 14.5. The number of fused-ring (bicyclic) bond motifs is 4. The van der Waals surface area contributed by atoms with Crippen LogP contribution in [0.3, 0.4) is 0 Å². The Morgan fingerprint density at radius 1 is 1.17 bits per heavy atom. The Hall–Kier alpha value is -3.23. The molecule has 0 spiro atoms. The number of pyridine rings is 1. The van der Waals surface area contributed by atoms with E-state index in [9.17, 15) is 22.4 Å². The number of carbonyl (C=O) groups excluding carboxylic acids is 1. The molecule has 0 amide bonds. The molecule has 1 saturated carbocycles. The zero-order valence-electron chi connectivity index (χ0n) is 14.6. The van der Waals surface area contributed by atoms with Gasteiger partial charge in [0.05, 0.1) is 11.7 Å². The van der Waals surface area contributed by atoms with Gasteiger partial charge in [0, 0.05) is 28.3 Å². The largest absolute Gasteiger partial charge is 0.456 e. The highest BCUT2D eigenvalue weighted by Crippen LogP contribution is 2.63. The van der Waals surface area contributed by atoms with Gasteiger partial charge in [-0.15, -0.1) is 0 Å². The van der Waals surface area contributed by atoms with Crippen molar-refractivity contribution in [2.24, 2.45) is 0 Å². The number of para-hydroxylation sites is 1. The summed E-state index contributed by atoms with van der Waals surface area (Å²) in [7, 11) is 0. The number of benzene rings is 1. The van der Waals surface area contributed by atoms with Gasteiger partial charge in [0.15, 0.2) is 23.0 Å². The molecule has 9 heteroatoms. The molecular formula is C20H13F5N2O2. The summed E-state index contributed by atoms with van der Waals surface area (Å²) in [5.41, 5.74) is -4.63. The maximum absolute atomic E-state index is 14.5. The number of alkyl halides is 2. The minimum Gasteiger partial charge on any atom is -0.456 e. The first-order valence-electron chi connectivity index (χ1n) is 8.52. The van der Waals surface area contributed by atoms with Gasteiger partial charge in [-0.2, -0.15) is 0 Å². The number of aromatic amines is 1. The standard InChI is InChI=1S/C20H12F4N2O2.FH/c21-13-6-19(23)9-20(19,24)12(17(13)22)8-28-18(27)15-5-11-10-3-1-2-4-14(10)26-16(11)7-25-15;/h1-7,26H,8-9H2;1H. The van der Waals surface area contributed by atoms with Crippen molar-refractivity contribution < 1.29 is 31.8 Å². The number of nitrogens with zero attached hydrogens (tertiary/aromatic N) is 1. The maximum Gasteiger partial charge on any atom is 0.357 e. The van der Waals surface area contributed by atoms with E-state index in [0.29, 0.717) is 11.6 Å². The molecular weight excluding hydrogens is 395 g/mol. The topological polar surface area (TPSA) is 55.0 Å². The lowest BCUT2D eigenvalue weighted by Gasteiger charge is -2.19. The number of aromatic nitrogens is 2. The molecule has 1 fully saturated rings. The molecule has 2 aromatic heterocycles. The van der Waals surface area contributed by atoms with Gasteiger partial charge in [-0.1, -0.05) is 18.2 Å². The number of nitrogens with one attached hydrogen (secondary N) is 1. The molecule has 2 unspecified atom stereocenters. The fourth-order valence-electron chi connectivity index (χ4n) is 3.67. The third kappa shape index (κ3) is 2.64. The van der Waals surface area contributed by atoms with Gasteiger partial charge in [0.2, 0.25) is 0 Å². The zero-order chi connectivity index (χ0) is 19.7. The molecule has 0 bridgehead atoms. The second kappa shape index (κ2) is 6.13. The molecule has 4 nitrogen and oxygen atoms in total. The molecule has 0 radical (unpaired) electrons. The number of esters is 1. The van der Waals surface area contributed by atoms with Crippen molar-refractivity contribution in [1.82, 2.24) is 9.97 Å². The highest BCUT2D eigenvalue weighted by atomic mass is 19.2. The van der Waals surface area contributed by atoms with Crippen LogP contribution in [0.2, 0.25) is 0 Å². The SMILES string of the molecule is F.O=C(OCC1=C(F)C(F)=CC2(F)CC12F)c1cc2c(cn1)[nH]c1ccccc12. The van der Waals surface area contributed by atoms with E-state index in [-0.39, 0.29) is 10.4 Å².